The lowest BCUT2D eigenvalue weighted by molar-refractivity contribution is -0.0583. The van der Waals surface area contributed by atoms with Crippen LogP contribution in [0.5, 0.6) is 0 Å². The summed E-state index contributed by atoms with van der Waals surface area (Å²) >= 11 is 0. The number of hydrogen-bond donors (Lipinski definition) is 2. The zero-order chi connectivity index (χ0) is 17.6. The Balaban J connectivity index is 2.16. The molecule has 3 rings (SSSR count). The Morgan fingerprint density at radius 1 is 1.46 bits per heavy atom. The lowest BCUT2D eigenvalue weighted by Gasteiger charge is -2.20. The topological polar surface area (TPSA) is 115 Å². The minimum Gasteiger partial charge on any atom is -0.394 e. The van der Waals surface area contributed by atoms with Crippen molar-refractivity contribution in [2.45, 2.75) is 24.5 Å². The summed E-state index contributed by atoms with van der Waals surface area (Å²) < 4.78 is 14.0. The number of rotatable bonds is 4. The molecule has 0 amide bonds. The van der Waals surface area contributed by atoms with E-state index in [0.717, 1.165) is 0 Å². The third-order valence-electron chi connectivity index (χ3n) is 4.25. The molecule has 1 fully saturated rings. The maximum absolute atomic E-state index is 12.2. The fourth-order valence-corrected chi connectivity index (χ4v) is 3.08. The van der Waals surface area contributed by atoms with Crippen LogP contribution in [0.3, 0.4) is 0 Å². The largest absolute Gasteiger partial charge is 0.394 e. The first-order valence-electron chi connectivity index (χ1n) is 7.48. The van der Waals surface area contributed by atoms with Crippen molar-refractivity contribution < 1.29 is 19.7 Å². The van der Waals surface area contributed by atoms with E-state index in [0.29, 0.717) is 17.0 Å². The van der Waals surface area contributed by atoms with Gasteiger partial charge in [-0.3, -0.25) is 9.13 Å². The van der Waals surface area contributed by atoms with Crippen molar-refractivity contribution in [3.63, 3.8) is 0 Å². The average Bonchev–Trinajstić information content (AvgIpc) is 3.08. The van der Waals surface area contributed by atoms with Gasteiger partial charge in [-0.15, -0.1) is 0 Å². The highest BCUT2D eigenvalue weighted by Gasteiger charge is 2.45. The Kier molecular flexibility index (Phi) is 4.30. The molecule has 1 aliphatic heterocycles. The molecule has 2 N–H and O–H groups in total. The van der Waals surface area contributed by atoms with Crippen LogP contribution in [0.1, 0.15) is 6.23 Å². The molecule has 0 radical (unpaired) electrons. The average molecular weight is 339 g/mol. The van der Waals surface area contributed by atoms with E-state index < -0.39 is 30.2 Å². The smallest absolute Gasteiger partial charge is 0.350 e. The SMILES string of the molecule is CO[C@@H]1[C@H](O)[C@@H](CO)O[C@H]1n1cnc2c(N(C)C)n(C)c(=O)nc21. The molecule has 3 heterocycles. The molecule has 10 nitrogen and oxygen atoms in total. The molecule has 4 atom stereocenters. The molecular weight excluding hydrogens is 318 g/mol. The summed E-state index contributed by atoms with van der Waals surface area (Å²) in [5, 5.41) is 19.5. The van der Waals surface area contributed by atoms with E-state index in [-0.39, 0.29) is 6.61 Å². The molecule has 0 bridgehead atoms. The van der Waals surface area contributed by atoms with Crippen LogP contribution in [0.25, 0.3) is 11.2 Å². The predicted molar refractivity (Wildman–Crippen MR) is 84.9 cm³/mol. The first kappa shape index (κ1) is 16.8. The van der Waals surface area contributed by atoms with Gasteiger partial charge in [0.2, 0.25) is 0 Å². The van der Waals surface area contributed by atoms with Crippen molar-refractivity contribution in [1.29, 1.82) is 0 Å². The number of anilines is 1. The van der Waals surface area contributed by atoms with Crippen molar-refractivity contribution >= 4 is 17.0 Å². The Labute approximate surface area is 137 Å². The van der Waals surface area contributed by atoms with Gasteiger partial charge in [-0.1, -0.05) is 0 Å². The Morgan fingerprint density at radius 3 is 2.75 bits per heavy atom. The second-order valence-corrected chi connectivity index (χ2v) is 5.93. The number of methoxy groups -OCH3 is 1. The van der Waals surface area contributed by atoms with Gasteiger partial charge < -0.3 is 24.6 Å². The molecule has 132 valence electrons. The van der Waals surface area contributed by atoms with E-state index in [1.54, 1.807) is 16.5 Å². The van der Waals surface area contributed by atoms with Crippen molar-refractivity contribution in [2.75, 3.05) is 32.7 Å². The highest BCUT2D eigenvalue weighted by atomic mass is 16.6. The third kappa shape index (κ3) is 2.38. The molecule has 10 heteroatoms. The van der Waals surface area contributed by atoms with Crippen LogP contribution in [-0.2, 0) is 16.5 Å². The number of aliphatic hydroxyl groups excluding tert-OH is 2. The maximum atomic E-state index is 12.2. The number of imidazole rings is 1. The van der Waals surface area contributed by atoms with Gasteiger partial charge in [0.1, 0.15) is 29.6 Å². The second-order valence-electron chi connectivity index (χ2n) is 5.93. The molecule has 0 spiro atoms. The third-order valence-corrected chi connectivity index (χ3v) is 4.25. The molecular formula is C14H21N5O5. The number of nitrogens with zero attached hydrogens (tertiary/aromatic N) is 5. The zero-order valence-corrected chi connectivity index (χ0v) is 13.9. The number of aliphatic hydroxyl groups is 2. The van der Waals surface area contributed by atoms with Gasteiger partial charge in [0.15, 0.2) is 11.9 Å². The van der Waals surface area contributed by atoms with Crippen molar-refractivity contribution in [1.82, 2.24) is 19.1 Å². The highest BCUT2D eigenvalue weighted by molar-refractivity contribution is 5.83. The molecule has 2 aromatic rings. The van der Waals surface area contributed by atoms with Crippen LogP contribution in [0, 0.1) is 0 Å². The summed E-state index contributed by atoms with van der Waals surface area (Å²) in [5.41, 5.74) is 0.432. The molecule has 2 aromatic heterocycles. The first-order chi connectivity index (χ1) is 11.4. The number of fused-ring (bicyclic) bond motifs is 1. The number of hydrogen-bond acceptors (Lipinski definition) is 8. The van der Waals surface area contributed by atoms with Gasteiger partial charge in [-0.25, -0.2) is 9.78 Å². The number of aromatic nitrogens is 4. The summed E-state index contributed by atoms with van der Waals surface area (Å²) in [4.78, 5) is 22.4. The van der Waals surface area contributed by atoms with Crippen LogP contribution < -0.4 is 10.6 Å². The standard InChI is InChI=1S/C14H21N5O5/c1-17(2)12-8-11(16-14(22)18(12)3)19(6-15-8)13-10(23-4)9(21)7(5-20)24-13/h6-7,9-10,13,20-21H,5H2,1-4H3/t7-,9-,10-,13-/m1/s1. The van der Waals surface area contributed by atoms with Crippen LogP contribution in [0.2, 0.25) is 0 Å². The summed E-state index contributed by atoms with van der Waals surface area (Å²) in [6.07, 6.45) is -1.75. The van der Waals surface area contributed by atoms with E-state index in [1.807, 2.05) is 14.1 Å². The zero-order valence-electron chi connectivity index (χ0n) is 13.9. The molecule has 1 aliphatic rings. The van der Waals surface area contributed by atoms with E-state index in [9.17, 15) is 15.0 Å². The fourth-order valence-electron chi connectivity index (χ4n) is 3.08. The normalized spacial score (nSPS) is 27.1. The van der Waals surface area contributed by atoms with Gasteiger partial charge in [-0.2, -0.15) is 4.98 Å². The van der Waals surface area contributed by atoms with Crippen molar-refractivity contribution in [2.24, 2.45) is 7.05 Å². The summed E-state index contributed by atoms with van der Waals surface area (Å²) in [6.45, 7) is -0.345. The van der Waals surface area contributed by atoms with Crippen molar-refractivity contribution in [3.8, 4) is 0 Å². The van der Waals surface area contributed by atoms with Crippen LogP contribution in [0.4, 0.5) is 5.82 Å². The quantitative estimate of drug-likeness (QED) is 0.689. The Hall–Kier alpha value is -2.01. The van der Waals surface area contributed by atoms with E-state index in [1.165, 1.54) is 18.0 Å². The monoisotopic (exact) mass is 339 g/mol. The molecule has 24 heavy (non-hydrogen) atoms. The van der Waals surface area contributed by atoms with Crippen molar-refractivity contribution in [3.05, 3.63) is 16.8 Å². The van der Waals surface area contributed by atoms with Gasteiger partial charge in [-0.05, 0) is 0 Å². The Bertz CT molecular complexity index is 801. The highest BCUT2D eigenvalue weighted by Crippen LogP contribution is 2.33. The minimum absolute atomic E-state index is 0.333. The molecule has 0 saturated carbocycles. The van der Waals surface area contributed by atoms with Gasteiger partial charge >= 0.3 is 5.69 Å². The minimum atomic E-state index is -0.998. The number of ether oxygens (including phenoxy) is 2. The second kappa shape index (κ2) is 6.13. The molecule has 0 aromatic carbocycles. The van der Waals surface area contributed by atoms with Gasteiger partial charge in [0, 0.05) is 28.3 Å². The fraction of sp³-hybridized carbons (Fsp3) is 0.643. The Morgan fingerprint density at radius 2 is 2.17 bits per heavy atom. The van der Waals surface area contributed by atoms with Gasteiger partial charge in [0.25, 0.3) is 0 Å². The van der Waals surface area contributed by atoms with E-state index in [4.69, 9.17) is 9.47 Å². The first-order valence-corrected chi connectivity index (χ1v) is 7.48. The van der Waals surface area contributed by atoms with Crippen LogP contribution >= 0.6 is 0 Å². The lowest BCUT2D eigenvalue weighted by Crippen LogP contribution is -2.34. The summed E-state index contributed by atoms with van der Waals surface area (Å²) in [7, 11) is 6.69. The molecule has 1 saturated heterocycles. The van der Waals surface area contributed by atoms with Gasteiger partial charge in [0.05, 0.1) is 12.9 Å². The molecule has 0 aliphatic carbocycles. The summed E-state index contributed by atoms with van der Waals surface area (Å²) in [5.74, 6) is 0.606. The molecule has 0 unspecified atom stereocenters. The van der Waals surface area contributed by atoms with Crippen LogP contribution in [0.15, 0.2) is 11.1 Å². The summed E-state index contributed by atoms with van der Waals surface area (Å²) in [6, 6.07) is 0. The van der Waals surface area contributed by atoms with E-state index in [2.05, 4.69) is 9.97 Å². The van der Waals surface area contributed by atoms with Crippen LogP contribution in [-0.4, -0.2) is 75.4 Å². The van der Waals surface area contributed by atoms with E-state index >= 15 is 0 Å². The predicted octanol–water partition coefficient (Wildman–Crippen LogP) is -1.54. The maximum Gasteiger partial charge on any atom is 0.350 e. The lowest BCUT2D eigenvalue weighted by atomic mass is 10.1.